The highest BCUT2D eigenvalue weighted by Gasteiger charge is 2.05. The van der Waals surface area contributed by atoms with Gasteiger partial charge in [-0.3, -0.25) is 0 Å². The summed E-state index contributed by atoms with van der Waals surface area (Å²) in [5, 5.41) is 0. The summed E-state index contributed by atoms with van der Waals surface area (Å²) < 4.78 is 2.16. The van der Waals surface area contributed by atoms with E-state index in [1.54, 1.807) is 0 Å². The van der Waals surface area contributed by atoms with Crippen LogP contribution in [0.5, 0.6) is 0 Å². The molecule has 2 aromatic rings. The fourth-order valence-electron chi connectivity index (χ4n) is 1.88. The number of hydrogen-bond donors (Lipinski definition) is 1. The van der Waals surface area contributed by atoms with Crippen LogP contribution in [0, 0.1) is 6.92 Å². The minimum atomic E-state index is 0.820. The predicted octanol–water partition coefficient (Wildman–Crippen LogP) is 2.38. The van der Waals surface area contributed by atoms with Gasteiger partial charge in [-0.25, -0.2) is 4.98 Å². The number of nitrogen functional groups attached to an aromatic ring is 1. The topological polar surface area (TPSA) is 43.8 Å². The Morgan fingerprint density at radius 3 is 2.88 bits per heavy atom. The van der Waals surface area contributed by atoms with Crippen LogP contribution < -0.4 is 5.73 Å². The van der Waals surface area contributed by atoms with E-state index in [4.69, 9.17) is 5.73 Å². The first-order chi connectivity index (χ1) is 7.70. The van der Waals surface area contributed by atoms with Crippen molar-refractivity contribution in [3.8, 4) is 0 Å². The van der Waals surface area contributed by atoms with Crippen molar-refractivity contribution in [3.05, 3.63) is 47.5 Å². The number of imidazole rings is 1. The molecule has 0 atom stereocenters. The van der Waals surface area contributed by atoms with Crippen molar-refractivity contribution in [1.82, 2.24) is 9.55 Å². The van der Waals surface area contributed by atoms with Crippen molar-refractivity contribution in [2.24, 2.45) is 0 Å². The van der Waals surface area contributed by atoms with E-state index in [1.165, 1.54) is 11.1 Å². The molecular formula is C13H17N3. The number of aromatic nitrogens is 2. The number of nitrogens with zero attached hydrogens (tertiary/aromatic N) is 2. The molecule has 1 aromatic heterocycles. The molecule has 0 fully saturated rings. The number of aryl methyl sites for hydroxylation is 2. The highest BCUT2D eigenvalue weighted by Crippen LogP contribution is 2.15. The molecule has 1 aromatic carbocycles. The van der Waals surface area contributed by atoms with Crippen LogP contribution in [0.15, 0.2) is 30.6 Å². The van der Waals surface area contributed by atoms with Crippen molar-refractivity contribution >= 4 is 5.69 Å². The fourth-order valence-corrected chi connectivity index (χ4v) is 1.88. The standard InChI is InChI=1S/C13H17N3/c1-3-16-7-6-15-13(16)9-11-4-5-12(14)8-10(11)2/h4-8H,3,9,14H2,1-2H3. The molecule has 84 valence electrons. The van der Waals surface area contributed by atoms with Gasteiger partial charge in [0, 0.05) is 31.0 Å². The van der Waals surface area contributed by atoms with Crippen LogP contribution in [0.4, 0.5) is 5.69 Å². The summed E-state index contributed by atoms with van der Waals surface area (Å²) in [6.07, 6.45) is 4.74. The van der Waals surface area contributed by atoms with Gasteiger partial charge < -0.3 is 10.3 Å². The maximum Gasteiger partial charge on any atom is 0.113 e. The van der Waals surface area contributed by atoms with E-state index >= 15 is 0 Å². The van der Waals surface area contributed by atoms with E-state index in [2.05, 4.69) is 29.5 Å². The smallest absolute Gasteiger partial charge is 0.113 e. The summed E-state index contributed by atoms with van der Waals surface area (Å²) in [4.78, 5) is 4.38. The number of rotatable bonds is 3. The molecule has 2 rings (SSSR count). The highest BCUT2D eigenvalue weighted by molar-refractivity contribution is 5.44. The van der Waals surface area contributed by atoms with Gasteiger partial charge in [0.15, 0.2) is 0 Å². The Balaban J connectivity index is 2.27. The molecule has 2 N–H and O–H groups in total. The Hall–Kier alpha value is -1.77. The summed E-state index contributed by atoms with van der Waals surface area (Å²) in [5.41, 5.74) is 9.07. The van der Waals surface area contributed by atoms with Gasteiger partial charge >= 0.3 is 0 Å². The molecule has 1 heterocycles. The lowest BCUT2D eigenvalue weighted by atomic mass is 10.0. The van der Waals surface area contributed by atoms with E-state index in [9.17, 15) is 0 Å². The molecule has 0 spiro atoms. The molecule has 0 bridgehead atoms. The van der Waals surface area contributed by atoms with Crippen molar-refractivity contribution in [2.75, 3.05) is 5.73 Å². The van der Waals surface area contributed by atoms with Gasteiger partial charge in [-0.05, 0) is 37.1 Å². The molecule has 0 unspecified atom stereocenters. The van der Waals surface area contributed by atoms with Crippen LogP contribution in [-0.2, 0) is 13.0 Å². The molecular weight excluding hydrogens is 198 g/mol. The lowest BCUT2D eigenvalue weighted by Crippen LogP contribution is -2.03. The minimum Gasteiger partial charge on any atom is -0.399 e. The molecule has 16 heavy (non-hydrogen) atoms. The van der Waals surface area contributed by atoms with Crippen molar-refractivity contribution in [3.63, 3.8) is 0 Å². The Morgan fingerprint density at radius 1 is 1.38 bits per heavy atom. The summed E-state index contributed by atoms with van der Waals surface area (Å²) in [6, 6.07) is 6.04. The SMILES string of the molecule is CCn1ccnc1Cc1ccc(N)cc1C. The van der Waals surface area contributed by atoms with Crippen molar-refractivity contribution in [2.45, 2.75) is 26.8 Å². The van der Waals surface area contributed by atoms with Crippen LogP contribution in [-0.4, -0.2) is 9.55 Å². The largest absolute Gasteiger partial charge is 0.399 e. The van der Waals surface area contributed by atoms with Crippen molar-refractivity contribution in [1.29, 1.82) is 0 Å². The van der Waals surface area contributed by atoms with Gasteiger partial charge in [-0.15, -0.1) is 0 Å². The number of anilines is 1. The Bertz CT molecular complexity index is 486. The summed E-state index contributed by atoms with van der Waals surface area (Å²) in [6.45, 7) is 5.18. The summed E-state index contributed by atoms with van der Waals surface area (Å²) in [5.74, 6) is 1.11. The first kappa shape index (κ1) is 10.7. The molecule has 0 aliphatic rings. The van der Waals surface area contributed by atoms with Crippen LogP contribution in [0.3, 0.4) is 0 Å². The second kappa shape index (κ2) is 4.39. The van der Waals surface area contributed by atoms with E-state index in [1.807, 2.05) is 24.5 Å². The van der Waals surface area contributed by atoms with Crippen LogP contribution >= 0.6 is 0 Å². The van der Waals surface area contributed by atoms with Crippen LogP contribution in [0.1, 0.15) is 23.9 Å². The number of benzene rings is 1. The summed E-state index contributed by atoms with van der Waals surface area (Å²) in [7, 11) is 0. The molecule has 3 nitrogen and oxygen atoms in total. The van der Waals surface area contributed by atoms with Gasteiger partial charge in [0.2, 0.25) is 0 Å². The third-order valence-corrected chi connectivity index (χ3v) is 2.86. The quantitative estimate of drug-likeness (QED) is 0.799. The van der Waals surface area contributed by atoms with Gasteiger partial charge in [0.05, 0.1) is 0 Å². The monoisotopic (exact) mass is 215 g/mol. The maximum atomic E-state index is 5.74. The zero-order valence-electron chi connectivity index (χ0n) is 9.77. The molecule has 0 radical (unpaired) electrons. The lowest BCUT2D eigenvalue weighted by molar-refractivity contribution is 0.711. The zero-order chi connectivity index (χ0) is 11.5. The first-order valence-corrected chi connectivity index (χ1v) is 5.55. The van der Waals surface area contributed by atoms with E-state index in [0.29, 0.717) is 0 Å². The maximum absolute atomic E-state index is 5.74. The van der Waals surface area contributed by atoms with E-state index in [0.717, 1.165) is 24.5 Å². The van der Waals surface area contributed by atoms with Crippen LogP contribution in [0.2, 0.25) is 0 Å². The summed E-state index contributed by atoms with van der Waals surface area (Å²) >= 11 is 0. The molecule has 0 aliphatic heterocycles. The highest BCUT2D eigenvalue weighted by atomic mass is 15.0. The van der Waals surface area contributed by atoms with Gasteiger partial charge in [0.1, 0.15) is 5.82 Å². The van der Waals surface area contributed by atoms with Crippen LogP contribution in [0.25, 0.3) is 0 Å². The molecule has 0 saturated carbocycles. The third kappa shape index (κ3) is 2.08. The molecule has 0 saturated heterocycles. The average Bonchev–Trinajstić information content (AvgIpc) is 2.69. The Kier molecular flexibility index (Phi) is 2.95. The van der Waals surface area contributed by atoms with Gasteiger partial charge in [-0.1, -0.05) is 6.07 Å². The minimum absolute atomic E-state index is 0.820. The Morgan fingerprint density at radius 2 is 2.19 bits per heavy atom. The number of hydrogen-bond acceptors (Lipinski definition) is 2. The van der Waals surface area contributed by atoms with Gasteiger partial charge in [0.25, 0.3) is 0 Å². The van der Waals surface area contributed by atoms with E-state index < -0.39 is 0 Å². The fraction of sp³-hybridized carbons (Fsp3) is 0.308. The van der Waals surface area contributed by atoms with E-state index in [-0.39, 0.29) is 0 Å². The second-order valence-corrected chi connectivity index (χ2v) is 3.99. The van der Waals surface area contributed by atoms with Crippen molar-refractivity contribution < 1.29 is 0 Å². The Labute approximate surface area is 95.9 Å². The third-order valence-electron chi connectivity index (χ3n) is 2.86. The van der Waals surface area contributed by atoms with Gasteiger partial charge in [-0.2, -0.15) is 0 Å². The average molecular weight is 215 g/mol. The normalized spacial score (nSPS) is 10.6. The molecule has 0 aliphatic carbocycles. The lowest BCUT2D eigenvalue weighted by Gasteiger charge is -2.08. The first-order valence-electron chi connectivity index (χ1n) is 5.55. The zero-order valence-corrected chi connectivity index (χ0v) is 9.77. The second-order valence-electron chi connectivity index (χ2n) is 3.99. The molecule has 0 amide bonds. The molecule has 3 heteroatoms. The number of nitrogens with two attached hydrogens (primary N) is 1. The predicted molar refractivity (Wildman–Crippen MR) is 66.3 cm³/mol.